The Morgan fingerprint density at radius 2 is 1.57 bits per heavy atom. The molecule has 4 heteroatoms. The average molecular weight is 516 g/mol. The second kappa shape index (κ2) is 9.27. The molecule has 3 nitrogen and oxygen atoms in total. The Labute approximate surface area is 235 Å². The summed E-state index contributed by atoms with van der Waals surface area (Å²) in [4.78, 5) is 2.42. The van der Waals surface area contributed by atoms with Crippen molar-refractivity contribution in [2.75, 3.05) is 18.0 Å². The molecule has 4 aromatic carbocycles. The molecule has 0 atom stereocenters. The van der Waals surface area contributed by atoms with Gasteiger partial charge in [-0.2, -0.15) is 4.58 Å². The number of hydrogen-bond donors (Lipinski definition) is 0. The maximum Gasteiger partial charge on any atom is 0.209 e. The summed E-state index contributed by atoms with van der Waals surface area (Å²) >= 11 is 0. The van der Waals surface area contributed by atoms with Gasteiger partial charge in [0, 0.05) is 64.6 Å². The number of fused-ring (bicyclic) bond motifs is 4. The van der Waals surface area contributed by atoms with E-state index in [4.69, 9.17) is 4.42 Å². The molecule has 191 valence electrons. The van der Waals surface area contributed by atoms with E-state index < -0.39 is 0 Å². The lowest BCUT2D eigenvalue weighted by Crippen LogP contribution is -2.23. The van der Waals surface area contributed by atoms with Crippen LogP contribution in [0.25, 0.3) is 33.4 Å². The molecule has 0 aromatic heterocycles. The van der Waals surface area contributed by atoms with E-state index in [-0.39, 0.29) is 0 Å². The van der Waals surface area contributed by atoms with Gasteiger partial charge in [0.2, 0.25) is 11.0 Å². The molecule has 1 aliphatic carbocycles. The topological polar surface area (TPSA) is 19.4 Å². The van der Waals surface area contributed by atoms with Gasteiger partial charge in [-0.05, 0) is 41.8 Å². The lowest BCUT2D eigenvalue weighted by atomic mass is 9.69. The normalized spacial score (nSPS) is 15.5. The lowest BCUT2D eigenvalue weighted by molar-refractivity contribution is 0.617. The van der Waals surface area contributed by atoms with Crippen molar-refractivity contribution in [2.24, 2.45) is 0 Å². The van der Waals surface area contributed by atoms with Crippen molar-refractivity contribution in [2.45, 2.75) is 19.7 Å². The molecule has 4 aliphatic rings. The Kier molecular flexibility index (Phi) is 5.41. The summed E-state index contributed by atoms with van der Waals surface area (Å²) in [5.74, 6) is 0.911. The standard InChI is InChI=1S/C36H29BN2O/c1-37-31-11-5-4-10-28(31)36-29-16-14-26(38-20-18-24-8-2-6-12-32(24)38)22-34(29)40-35-23-27(15-17-30(35)36)39-21-19-25-9-3-7-13-33(25)39/h2-17,22-23H,18-21H2,1H3/q+1. The summed E-state index contributed by atoms with van der Waals surface area (Å²) < 4.78 is 9.21. The Hall–Kier alpha value is -4.57. The van der Waals surface area contributed by atoms with Crippen LogP contribution in [0.1, 0.15) is 11.1 Å². The van der Waals surface area contributed by atoms with Gasteiger partial charge in [-0.25, -0.2) is 0 Å². The van der Waals surface area contributed by atoms with Gasteiger partial charge in [-0.15, -0.1) is 0 Å². The third-order valence-corrected chi connectivity index (χ3v) is 8.63. The van der Waals surface area contributed by atoms with Crippen LogP contribution >= 0.6 is 0 Å². The Balaban J connectivity index is 1.39. The van der Waals surface area contributed by atoms with E-state index in [1.807, 2.05) is 0 Å². The maximum absolute atomic E-state index is 6.79. The molecule has 0 spiro atoms. The van der Waals surface area contributed by atoms with Gasteiger partial charge in [0.15, 0.2) is 6.54 Å². The van der Waals surface area contributed by atoms with E-state index >= 15 is 0 Å². The minimum atomic E-state index is 0.911. The summed E-state index contributed by atoms with van der Waals surface area (Å²) in [6.07, 6.45) is 2.13. The van der Waals surface area contributed by atoms with Gasteiger partial charge < -0.3 is 9.32 Å². The SMILES string of the molecule is C[B]c1ccccc1-c1c2ccc(=[N+]3CCc4ccccc43)cc-2oc2cc(N3CCc4ccccc43)ccc12. The van der Waals surface area contributed by atoms with Crippen LogP contribution in [0.4, 0.5) is 17.1 Å². The highest BCUT2D eigenvalue weighted by Crippen LogP contribution is 2.42. The third-order valence-electron chi connectivity index (χ3n) is 8.63. The van der Waals surface area contributed by atoms with Gasteiger partial charge in [0.25, 0.3) is 0 Å². The monoisotopic (exact) mass is 516 g/mol. The largest absolute Gasteiger partial charge is 0.456 e. The van der Waals surface area contributed by atoms with Gasteiger partial charge in [-0.1, -0.05) is 72.9 Å². The minimum absolute atomic E-state index is 0.911. The minimum Gasteiger partial charge on any atom is -0.456 e. The van der Waals surface area contributed by atoms with Crippen molar-refractivity contribution in [3.8, 4) is 22.5 Å². The van der Waals surface area contributed by atoms with Crippen molar-refractivity contribution < 1.29 is 4.42 Å². The first-order chi connectivity index (χ1) is 19.8. The average Bonchev–Trinajstić information content (AvgIpc) is 3.64. The second-order valence-corrected chi connectivity index (χ2v) is 10.8. The zero-order valence-electron chi connectivity index (χ0n) is 22.6. The molecule has 0 unspecified atom stereocenters. The fraction of sp³-hybridized carbons (Fsp3) is 0.139. The van der Waals surface area contributed by atoms with Crippen molar-refractivity contribution >= 4 is 40.8 Å². The van der Waals surface area contributed by atoms with Crippen LogP contribution < -0.4 is 20.3 Å². The van der Waals surface area contributed by atoms with Crippen molar-refractivity contribution in [3.05, 3.63) is 126 Å². The van der Waals surface area contributed by atoms with Gasteiger partial charge in [0.05, 0.1) is 6.07 Å². The fourth-order valence-electron chi connectivity index (χ4n) is 6.68. The summed E-state index contributed by atoms with van der Waals surface area (Å²) in [5, 5.41) is 2.31. The van der Waals surface area contributed by atoms with E-state index in [0.29, 0.717) is 0 Å². The van der Waals surface area contributed by atoms with Crippen molar-refractivity contribution in [1.29, 1.82) is 0 Å². The smallest absolute Gasteiger partial charge is 0.209 e. The zero-order valence-corrected chi connectivity index (χ0v) is 22.6. The van der Waals surface area contributed by atoms with Crippen LogP contribution in [0.2, 0.25) is 6.82 Å². The van der Waals surface area contributed by atoms with Crippen LogP contribution in [0.3, 0.4) is 0 Å². The molecule has 40 heavy (non-hydrogen) atoms. The summed E-state index contributed by atoms with van der Waals surface area (Å²) in [5.41, 5.74) is 12.3. The highest BCUT2D eigenvalue weighted by Gasteiger charge is 2.26. The molecule has 3 aliphatic heterocycles. The molecular formula is C36H29BN2O+. The molecule has 4 aromatic rings. The molecule has 0 bridgehead atoms. The van der Waals surface area contributed by atoms with E-state index in [2.05, 4.69) is 133 Å². The Morgan fingerprint density at radius 3 is 2.50 bits per heavy atom. The van der Waals surface area contributed by atoms with E-state index in [9.17, 15) is 0 Å². The molecule has 0 N–H and O–H groups in total. The number of nitrogens with zero attached hydrogens (tertiary/aromatic N) is 2. The zero-order chi connectivity index (χ0) is 26.6. The number of anilines is 2. The molecule has 0 amide bonds. The van der Waals surface area contributed by atoms with Crippen LogP contribution in [0.15, 0.2) is 114 Å². The van der Waals surface area contributed by atoms with E-state index in [0.717, 1.165) is 48.2 Å². The first-order valence-corrected chi connectivity index (χ1v) is 14.2. The predicted molar refractivity (Wildman–Crippen MR) is 167 cm³/mol. The van der Waals surface area contributed by atoms with Crippen LogP contribution in [0, 0.1) is 0 Å². The summed E-state index contributed by atoms with van der Waals surface area (Å²) in [6.45, 7) is 4.08. The van der Waals surface area contributed by atoms with E-state index in [1.165, 1.54) is 50.1 Å². The number of para-hydroxylation sites is 2. The second-order valence-electron chi connectivity index (χ2n) is 10.8. The van der Waals surface area contributed by atoms with Crippen molar-refractivity contribution in [1.82, 2.24) is 4.58 Å². The van der Waals surface area contributed by atoms with Gasteiger partial charge in [-0.3, -0.25) is 0 Å². The summed E-state index contributed by atoms with van der Waals surface area (Å²) in [7, 11) is 2.20. The van der Waals surface area contributed by atoms with E-state index in [1.54, 1.807) is 0 Å². The molecule has 0 saturated carbocycles. The summed E-state index contributed by atoms with van der Waals surface area (Å²) in [6, 6.07) is 39.6. The highest BCUT2D eigenvalue weighted by atomic mass is 16.3. The molecule has 8 rings (SSSR count). The van der Waals surface area contributed by atoms with Crippen LogP contribution in [-0.4, -0.2) is 20.4 Å². The lowest BCUT2D eigenvalue weighted by Gasteiger charge is -2.22. The first kappa shape index (κ1) is 23.3. The first-order valence-electron chi connectivity index (χ1n) is 14.2. The van der Waals surface area contributed by atoms with Crippen LogP contribution in [0.5, 0.6) is 0 Å². The molecule has 3 heterocycles. The van der Waals surface area contributed by atoms with Crippen LogP contribution in [-0.2, 0) is 12.8 Å². The Bertz CT molecular complexity index is 1970. The Morgan fingerprint density at radius 1 is 0.750 bits per heavy atom. The number of benzene rings is 5. The van der Waals surface area contributed by atoms with Gasteiger partial charge >= 0.3 is 0 Å². The molecule has 0 fully saturated rings. The van der Waals surface area contributed by atoms with Crippen molar-refractivity contribution in [3.63, 3.8) is 0 Å². The molecule has 0 saturated heterocycles. The third kappa shape index (κ3) is 3.63. The maximum atomic E-state index is 6.79. The number of hydrogen-bond acceptors (Lipinski definition) is 2. The fourth-order valence-corrected chi connectivity index (χ4v) is 6.68. The molecule has 1 radical (unpaired) electrons. The number of rotatable bonds is 3. The predicted octanol–water partition coefficient (Wildman–Crippen LogP) is 6.94. The van der Waals surface area contributed by atoms with Gasteiger partial charge in [0.1, 0.15) is 18.6 Å². The quantitative estimate of drug-likeness (QED) is 0.144. The highest BCUT2D eigenvalue weighted by molar-refractivity contribution is 6.54. The molecular weight excluding hydrogens is 487 g/mol.